The van der Waals surface area contributed by atoms with Crippen LogP contribution in [0.5, 0.6) is 0 Å². The quantitative estimate of drug-likeness (QED) is 0.795. The van der Waals surface area contributed by atoms with Crippen molar-refractivity contribution in [2.75, 3.05) is 44.7 Å². The Hall–Kier alpha value is -1.73. The Morgan fingerprint density at radius 1 is 1.21 bits per heavy atom. The van der Waals surface area contributed by atoms with Crippen molar-refractivity contribution in [2.24, 2.45) is 0 Å². The summed E-state index contributed by atoms with van der Waals surface area (Å²) in [6.07, 6.45) is 1.11. The van der Waals surface area contributed by atoms with E-state index in [0.717, 1.165) is 60.0 Å². The SMILES string of the molecule is CCOC(=O)c1sc2nc(C)nc(N3CCCN(C)CC3)c2c1C. The number of hydrogen-bond acceptors (Lipinski definition) is 7. The summed E-state index contributed by atoms with van der Waals surface area (Å²) in [5, 5.41) is 0.998. The number of hydrogen-bond donors (Lipinski definition) is 0. The van der Waals surface area contributed by atoms with E-state index in [4.69, 9.17) is 9.72 Å². The van der Waals surface area contributed by atoms with Crippen LogP contribution in [0.3, 0.4) is 0 Å². The van der Waals surface area contributed by atoms with Gasteiger partial charge in [-0.3, -0.25) is 0 Å². The van der Waals surface area contributed by atoms with Crippen molar-refractivity contribution in [2.45, 2.75) is 27.2 Å². The predicted molar refractivity (Wildman–Crippen MR) is 97.2 cm³/mol. The minimum absolute atomic E-state index is 0.266. The minimum atomic E-state index is -0.266. The molecule has 0 N–H and O–H groups in total. The van der Waals surface area contributed by atoms with Crippen molar-refractivity contribution in [1.29, 1.82) is 0 Å². The van der Waals surface area contributed by atoms with Gasteiger partial charge < -0.3 is 14.5 Å². The lowest BCUT2D eigenvalue weighted by Gasteiger charge is -2.23. The van der Waals surface area contributed by atoms with Crippen molar-refractivity contribution in [1.82, 2.24) is 14.9 Å². The summed E-state index contributed by atoms with van der Waals surface area (Å²) in [4.78, 5) is 27.7. The number of aryl methyl sites for hydroxylation is 2. The van der Waals surface area contributed by atoms with E-state index >= 15 is 0 Å². The molecule has 0 aliphatic carbocycles. The van der Waals surface area contributed by atoms with Crippen molar-refractivity contribution in [3.05, 3.63) is 16.3 Å². The summed E-state index contributed by atoms with van der Waals surface area (Å²) in [5.74, 6) is 1.43. The molecule has 0 bridgehead atoms. The largest absolute Gasteiger partial charge is 0.462 e. The van der Waals surface area contributed by atoms with Crippen LogP contribution >= 0.6 is 11.3 Å². The van der Waals surface area contributed by atoms with Crippen LogP contribution in [0.25, 0.3) is 10.2 Å². The van der Waals surface area contributed by atoms with E-state index in [2.05, 4.69) is 21.8 Å². The number of fused-ring (bicyclic) bond motifs is 1. The van der Waals surface area contributed by atoms with Gasteiger partial charge in [0.2, 0.25) is 0 Å². The number of nitrogens with zero attached hydrogens (tertiary/aromatic N) is 4. The van der Waals surface area contributed by atoms with E-state index in [1.807, 2.05) is 20.8 Å². The van der Waals surface area contributed by atoms with Crippen LogP contribution in [0.1, 0.15) is 34.4 Å². The highest BCUT2D eigenvalue weighted by Gasteiger charge is 2.24. The fourth-order valence-electron chi connectivity index (χ4n) is 3.10. The molecule has 1 fully saturated rings. The summed E-state index contributed by atoms with van der Waals surface area (Å²) in [6.45, 7) is 10.1. The fourth-order valence-corrected chi connectivity index (χ4v) is 4.21. The Bertz CT molecular complexity index is 759. The van der Waals surface area contributed by atoms with Crippen molar-refractivity contribution in [3.8, 4) is 0 Å². The van der Waals surface area contributed by atoms with Gasteiger partial charge in [-0.15, -0.1) is 11.3 Å². The molecule has 7 heteroatoms. The number of likely N-dealkylation sites (N-methyl/N-ethyl adjacent to an activating group) is 1. The molecule has 0 spiro atoms. The first-order chi connectivity index (χ1) is 11.5. The molecule has 3 rings (SSSR count). The van der Waals surface area contributed by atoms with Crippen molar-refractivity contribution >= 4 is 33.3 Å². The second kappa shape index (κ2) is 7.03. The maximum atomic E-state index is 12.2. The number of anilines is 1. The molecule has 2 aromatic heterocycles. The molecule has 24 heavy (non-hydrogen) atoms. The first-order valence-electron chi connectivity index (χ1n) is 8.39. The van der Waals surface area contributed by atoms with Crippen LogP contribution in [0.2, 0.25) is 0 Å². The van der Waals surface area contributed by atoms with Gasteiger partial charge in [0.25, 0.3) is 0 Å². The van der Waals surface area contributed by atoms with Crippen LogP contribution in [0.4, 0.5) is 5.82 Å². The number of esters is 1. The van der Waals surface area contributed by atoms with Crippen molar-refractivity contribution < 1.29 is 9.53 Å². The van der Waals surface area contributed by atoms with E-state index in [1.54, 1.807) is 0 Å². The van der Waals surface area contributed by atoms with Gasteiger partial charge >= 0.3 is 5.97 Å². The van der Waals surface area contributed by atoms with Crippen LogP contribution in [-0.4, -0.2) is 60.7 Å². The highest BCUT2D eigenvalue weighted by Crippen LogP contribution is 2.36. The zero-order valence-corrected chi connectivity index (χ0v) is 15.6. The molecule has 0 amide bonds. The summed E-state index contributed by atoms with van der Waals surface area (Å²) >= 11 is 1.41. The smallest absolute Gasteiger partial charge is 0.348 e. The van der Waals surface area contributed by atoms with Gasteiger partial charge in [0, 0.05) is 19.6 Å². The highest BCUT2D eigenvalue weighted by atomic mass is 32.1. The van der Waals surface area contributed by atoms with E-state index < -0.39 is 0 Å². The maximum absolute atomic E-state index is 12.2. The lowest BCUT2D eigenvalue weighted by atomic mass is 10.2. The minimum Gasteiger partial charge on any atom is -0.462 e. The summed E-state index contributed by atoms with van der Waals surface area (Å²) in [5.41, 5.74) is 0.932. The Kier molecular flexibility index (Phi) is 5.01. The first-order valence-corrected chi connectivity index (χ1v) is 9.21. The number of aromatic nitrogens is 2. The Labute approximate surface area is 146 Å². The van der Waals surface area contributed by atoms with E-state index in [0.29, 0.717) is 11.5 Å². The Morgan fingerprint density at radius 3 is 2.75 bits per heavy atom. The number of ether oxygens (including phenoxy) is 1. The van der Waals surface area contributed by atoms with E-state index in [1.165, 1.54) is 11.3 Å². The highest BCUT2D eigenvalue weighted by molar-refractivity contribution is 7.20. The predicted octanol–water partition coefficient (Wildman–Crippen LogP) is 2.63. The Morgan fingerprint density at radius 2 is 2.00 bits per heavy atom. The molecule has 0 atom stereocenters. The first kappa shape index (κ1) is 17.1. The lowest BCUT2D eigenvalue weighted by molar-refractivity contribution is 0.0531. The van der Waals surface area contributed by atoms with Gasteiger partial charge in [-0.25, -0.2) is 14.8 Å². The van der Waals surface area contributed by atoms with E-state index in [9.17, 15) is 4.79 Å². The monoisotopic (exact) mass is 348 g/mol. The topological polar surface area (TPSA) is 58.6 Å². The summed E-state index contributed by atoms with van der Waals surface area (Å²) in [7, 11) is 2.15. The van der Waals surface area contributed by atoms with Gasteiger partial charge in [0.15, 0.2) is 0 Å². The van der Waals surface area contributed by atoms with Gasteiger partial charge in [0.1, 0.15) is 21.3 Å². The zero-order valence-electron chi connectivity index (χ0n) is 14.8. The third kappa shape index (κ3) is 3.23. The second-order valence-corrected chi connectivity index (χ2v) is 7.19. The van der Waals surface area contributed by atoms with Crippen molar-refractivity contribution in [3.63, 3.8) is 0 Å². The molecule has 0 radical (unpaired) electrons. The summed E-state index contributed by atoms with van der Waals surface area (Å²) < 4.78 is 5.19. The number of carbonyl (C=O) groups excluding carboxylic acids is 1. The third-order valence-electron chi connectivity index (χ3n) is 4.36. The maximum Gasteiger partial charge on any atom is 0.348 e. The third-order valence-corrected chi connectivity index (χ3v) is 5.53. The molecule has 0 aromatic carbocycles. The van der Waals surface area contributed by atoms with Crippen LogP contribution in [0.15, 0.2) is 0 Å². The van der Waals surface area contributed by atoms with Crippen LogP contribution in [0, 0.1) is 13.8 Å². The molecular weight excluding hydrogens is 324 g/mol. The average molecular weight is 348 g/mol. The number of thiophene rings is 1. The number of carbonyl (C=O) groups is 1. The molecule has 2 aromatic rings. The molecule has 3 heterocycles. The normalized spacial score (nSPS) is 16.4. The summed E-state index contributed by atoms with van der Waals surface area (Å²) in [6, 6.07) is 0. The van der Waals surface area contributed by atoms with E-state index in [-0.39, 0.29) is 5.97 Å². The van der Waals surface area contributed by atoms with Gasteiger partial charge in [0.05, 0.1) is 12.0 Å². The number of rotatable bonds is 3. The second-order valence-electron chi connectivity index (χ2n) is 6.20. The fraction of sp³-hybridized carbons (Fsp3) is 0.588. The lowest BCUT2D eigenvalue weighted by Crippen LogP contribution is -2.29. The molecule has 0 saturated carbocycles. The van der Waals surface area contributed by atoms with Gasteiger partial charge in [-0.1, -0.05) is 0 Å². The molecule has 1 aliphatic heterocycles. The van der Waals surface area contributed by atoms with Crippen LogP contribution < -0.4 is 4.90 Å². The van der Waals surface area contributed by atoms with Crippen LogP contribution in [-0.2, 0) is 4.74 Å². The molecule has 6 nitrogen and oxygen atoms in total. The standard InChI is InChI=1S/C17H24N4O2S/c1-5-23-17(22)14-11(2)13-15(18-12(3)19-16(13)24-14)21-8-6-7-20(4)9-10-21/h5-10H2,1-4H3. The van der Waals surface area contributed by atoms with Gasteiger partial charge in [-0.05, 0) is 46.3 Å². The molecular formula is C17H24N4O2S. The Balaban J connectivity index is 2.08. The zero-order chi connectivity index (χ0) is 17.3. The molecule has 1 aliphatic rings. The van der Waals surface area contributed by atoms with Gasteiger partial charge in [-0.2, -0.15) is 0 Å². The molecule has 1 saturated heterocycles. The average Bonchev–Trinajstić information content (AvgIpc) is 2.72. The molecule has 0 unspecified atom stereocenters. The molecule has 130 valence electrons.